The minimum Gasteiger partial charge on any atom is -0.451 e. The molecule has 0 bridgehead atoms. The largest absolute Gasteiger partial charge is 0.451 e. The smallest absolute Gasteiger partial charge is 0.358 e. The zero-order valence-electron chi connectivity index (χ0n) is 12.6. The van der Waals surface area contributed by atoms with Crippen LogP contribution < -0.4 is 5.32 Å². The molecule has 5 nitrogen and oxygen atoms in total. The van der Waals surface area contributed by atoms with E-state index in [1.54, 1.807) is 28.1 Å². The van der Waals surface area contributed by atoms with Crippen molar-refractivity contribution in [3.05, 3.63) is 51.0 Å². The molecule has 0 aliphatic heterocycles. The molecular weight excluding hydrogens is 364 g/mol. The summed E-state index contributed by atoms with van der Waals surface area (Å²) in [6.07, 6.45) is 0.771. The molecule has 0 spiro atoms. The Morgan fingerprint density at radius 2 is 1.96 bits per heavy atom. The Morgan fingerprint density at radius 3 is 2.71 bits per heavy atom. The van der Waals surface area contributed by atoms with Crippen LogP contribution in [-0.2, 0) is 16.0 Å². The topological polar surface area (TPSA) is 68.3 Å². The van der Waals surface area contributed by atoms with Gasteiger partial charge in [0, 0.05) is 16.8 Å². The van der Waals surface area contributed by atoms with E-state index in [0.717, 1.165) is 16.3 Å². The van der Waals surface area contributed by atoms with Crippen LogP contribution in [-0.4, -0.2) is 30.0 Å². The maximum absolute atomic E-state index is 11.9. The Hall–Kier alpha value is -2.03. The van der Waals surface area contributed by atoms with Crippen LogP contribution in [0.4, 0.5) is 0 Å². The fourth-order valence-corrected chi connectivity index (χ4v) is 4.23. The highest BCUT2D eigenvalue weighted by Gasteiger charge is 2.15. The molecule has 24 heavy (non-hydrogen) atoms. The van der Waals surface area contributed by atoms with E-state index in [0.29, 0.717) is 6.54 Å². The number of rotatable bonds is 7. The summed E-state index contributed by atoms with van der Waals surface area (Å²) in [6.45, 7) is 0.227. The molecule has 3 rings (SSSR count). The minimum atomic E-state index is -0.581. The second kappa shape index (κ2) is 8.18. The molecule has 124 valence electrons. The summed E-state index contributed by atoms with van der Waals surface area (Å²) in [7, 11) is 0. The minimum absolute atomic E-state index is 0.231. The van der Waals surface area contributed by atoms with Crippen LogP contribution in [0.25, 0.3) is 9.88 Å². The highest BCUT2D eigenvalue weighted by molar-refractivity contribution is 7.20. The highest BCUT2D eigenvalue weighted by atomic mass is 32.1. The number of esters is 1. The first kappa shape index (κ1) is 16.8. The van der Waals surface area contributed by atoms with Gasteiger partial charge in [-0.2, -0.15) is 0 Å². The Kier molecular flexibility index (Phi) is 5.73. The number of carbonyl (C=O) groups is 2. The Labute approximate surface area is 150 Å². The quantitative estimate of drug-likeness (QED) is 0.640. The van der Waals surface area contributed by atoms with Gasteiger partial charge in [0.2, 0.25) is 0 Å². The van der Waals surface area contributed by atoms with Crippen molar-refractivity contribution in [2.45, 2.75) is 6.42 Å². The van der Waals surface area contributed by atoms with E-state index in [9.17, 15) is 9.59 Å². The molecule has 3 aromatic rings. The van der Waals surface area contributed by atoms with Crippen molar-refractivity contribution in [3.8, 4) is 9.88 Å². The predicted molar refractivity (Wildman–Crippen MR) is 96.7 cm³/mol. The number of thiazole rings is 1. The highest BCUT2D eigenvalue weighted by Crippen LogP contribution is 2.27. The standard InChI is InChI=1S/C16H14N2O3S3/c19-14(17-6-5-11-3-1-7-22-11)9-21-16(20)12-10-24-15(18-12)13-4-2-8-23-13/h1-4,7-8,10H,5-6,9H2,(H,17,19). The van der Waals surface area contributed by atoms with Crippen LogP contribution in [0.3, 0.4) is 0 Å². The molecule has 1 N–H and O–H groups in total. The maximum atomic E-state index is 11.9. The molecular formula is C16H14N2O3S3. The van der Waals surface area contributed by atoms with Crippen molar-refractivity contribution in [1.82, 2.24) is 10.3 Å². The zero-order chi connectivity index (χ0) is 16.8. The summed E-state index contributed by atoms with van der Waals surface area (Å²) < 4.78 is 5.01. The third-order valence-corrected chi connectivity index (χ3v) is 5.87. The van der Waals surface area contributed by atoms with Gasteiger partial charge in [-0.25, -0.2) is 9.78 Å². The zero-order valence-corrected chi connectivity index (χ0v) is 15.0. The van der Waals surface area contributed by atoms with Crippen LogP contribution in [0.15, 0.2) is 40.4 Å². The second-order valence-electron chi connectivity index (χ2n) is 4.77. The molecule has 0 aromatic carbocycles. The monoisotopic (exact) mass is 378 g/mol. The molecule has 3 aromatic heterocycles. The van der Waals surface area contributed by atoms with Crippen LogP contribution >= 0.6 is 34.0 Å². The number of nitrogens with one attached hydrogen (secondary N) is 1. The molecule has 0 saturated heterocycles. The lowest BCUT2D eigenvalue weighted by Gasteiger charge is -2.04. The number of nitrogens with zero attached hydrogens (tertiary/aromatic N) is 1. The van der Waals surface area contributed by atoms with Crippen molar-refractivity contribution in [3.63, 3.8) is 0 Å². The number of thiophene rings is 2. The first-order valence-corrected chi connectivity index (χ1v) is 9.82. The first-order chi connectivity index (χ1) is 11.7. The number of ether oxygens (including phenoxy) is 1. The van der Waals surface area contributed by atoms with Gasteiger partial charge >= 0.3 is 5.97 Å². The molecule has 0 unspecified atom stereocenters. The van der Waals surface area contributed by atoms with Crippen LogP contribution in [0.5, 0.6) is 0 Å². The summed E-state index contributed by atoms with van der Waals surface area (Å²) in [5.74, 6) is -0.893. The van der Waals surface area contributed by atoms with Gasteiger partial charge in [0.1, 0.15) is 5.01 Å². The van der Waals surface area contributed by atoms with Gasteiger partial charge in [0.05, 0.1) is 4.88 Å². The van der Waals surface area contributed by atoms with Crippen LogP contribution in [0.1, 0.15) is 15.4 Å². The fourth-order valence-electron chi connectivity index (χ4n) is 1.92. The van der Waals surface area contributed by atoms with Gasteiger partial charge in [-0.05, 0) is 29.3 Å². The lowest BCUT2D eigenvalue weighted by Crippen LogP contribution is -2.30. The Bertz CT molecular complexity index is 795. The predicted octanol–water partition coefficient (Wildman–Crippen LogP) is 3.45. The van der Waals surface area contributed by atoms with E-state index in [1.165, 1.54) is 16.2 Å². The molecule has 0 fully saturated rings. The lowest BCUT2D eigenvalue weighted by atomic mass is 10.3. The van der Waals surface area contributed by atoms with E-state index in [2.05, 4.69) is 10.3 Å². The summed E-state index contributed by atoms with van der Waals surface area (Å²) in [5, 5.41) is 9.10. The van der Waals surface area contributed by atoms with Crippen LogP contribution in [0.2, 0.25) is 0 Å². The van der Waals surface area contributed by atoms with Crippen molar-refractivity contribution in [2.24, 2.45) is 0 Å². The van der Waals surface area contributed by atoms with Gasteiger partial charge in [0.25, 0.3) is 5.91 Å². The Balaban J connectivity index is 1.42. The summed E-state index contributed by atoms with van der Waals surface area (Å²) in [4.78, 5) is 30.1. The molecule has 1 amide bonds. The number of aromatic nitrogens is 1. The summed E-state index contributed by atoms with van der Waals surface area (Å²) in [6, 6.07) is 7.87. The molecule has 3 heterocycles. The Morgan fingerprint density at radius 1 is 1.12 bits per heavy atom. The van der Waals surface area contributed by atoms with Crippen molar-refractivity contribution in [1.29, 1.82) is 0 Å². The van der Waals surface area contributed by atoms with E-state index in [4.69, 9.17) is 4.74 Å². The van der Waals surface area contributed by atoms with E-state index in [1.807, 2.05) is 35.0 Å². The number of carbonyl (C=O) groups excluding carboxylic acids is 2. The SMILES string of the molecule is O=C(COC(=O)c1csc(-c2cccs2)n1)NCCc1cccs1. The van der Waals surface area contributed by atoms with Gasteiger partial charge < -0.3 is 10.1 Å². The fraction of sp³-hybridized carbons (Fsp3) is 0.188. The van der Waals surface area contributed by atoms with Gasteiger partial charge in [-0.1, -0.05) is 12.1 Å². The summed E-state index contributed by atoms with van der Waals surface area (Å²) in [5.41, 5.74) is 0.231. The third kappa shape index (κ3) is 4.50. The van der Waals surface area contributed by atoms with Crippen molar-refractivity contribution in [2.75, 3.05) is 13.2 Å². The average Bonchev–Trinajstić information content (AvgIpc) is 3.33. The van der Waals surface area contributed by atoms with E-state index in [-0.39, 0.29) is 18.2 Å². The molecule has 0 saturated carbocycles. The summed E-state index contributed by atoms with van der Waals surface area (Å²) >= 11 is 4.59. The van der Waals surface area contributed by atoms with E-state index < -0.39 is 5.97 Å². The molecule has 0 radical (unpaired) electrons. The second-order valence-corrected chi connectivity index (χ2v) is 7.61. The molecule has 0 aliphatic rings. The molecule has 8 heteroatoms. The lowest BCUT2D eigenvalue weighted by molar-refractivity contribution is -0.124. The average molecular weight is 379 g/mol. The van der Waals surface area contributed by atoms with Crippen molar-refractivity contribution >= 4 is 45.9 Å². The normalized spacial score (nSPS) is 10.5. The molecule has 0 atom stereocenters. The van der Waals surface area contributed by atoms with Gasteiger partial charge in [-0.3, -0.25) is 4.79 Å². The van der Waals surface area contributed by atoms with Crippen LogP contribution in [0, 0.1) is 0 Å². The van der Waals surface area contributed by atoms with Gasteiger partial charge in [-0.15, -0.1) is 34.0 Å². The number of hydrogen-bond donors (Lipinski definition) is 1. The first-order valence-electron chi connectivity index (χ1n) is 7.18. The third-order valence-electron chi connectivity index (χ3n) is 3.05. The van der Waals surface area contributed by atoms with E-state index >= 15 is 0 Å². The van der Waals surface area contributed by atoms with Crippen molar-refractivity contribution < 1.29 is 14.3 Å². The number of amides is 1. The molecule has 0 aliphatic carbocycles. The number of hydrogen-bond acceptors (Lipinski definition) is 7. The van der Waals surface area contributed by atoms with Gasteiger partial charge in [0.15, 0.2) is 12.3 Å². The maximum Gasteiger partial charge on any atom is 0.358 e.